The van der Waals surface area contributed by atoms with E-state index in [9.17, 15) is 14.4 Å². The number of nitrogens with one attached hydrogen (secondary N) is 2. The Bertz CT molecular complexity index is 924. The van der Waals surface area contributed by atoms with Crippen LogP contribution in [0.25, 0.3) is 0 Å². The SMILES string of the molecule is COC(=O)c1ccc(/C=N\NC(=O)C(=O)NCc2ccc3c(c2)OCO3)cc1. The molecule has 0 spiro atoms. The first-order chi connectivity index (χ1) is 13.6. The summed E-state index contributed by atoms with van der Waals surface area (Å²) in [5.41, 5.74) is 3.93. The van der Waals surface area contributed by atoms with E-state index in [4.69, 9.17) is 9.47 Å². The Kier molecular flexibility index (Phi) is 5.85. The number of esters is 1. The van der Waals surface area contributed by atoms with Gasteiger partial charge < -0.3 is 19.5 Å². The minimum atomic E-state index is -0.900. The number of carbonyl (C=O) groups is 3. The number of hydrogen-bond acceptors (Lipinski definition) is 7. The van der Waals surface area contributed by atoms with Crippen LogP contribution in [-0.4, -0.2) is 37.9 Å². The van der Waals surface area contributed by atoms with Gasteiger partial charge in [-0.1, -0.05) is 18.2 Å². The molecule has 9 heteroatoms. The van der Waals surface area contributed by atoms with Crippen molar-refractivity contribution in [1.82, 2.24) is 10.7 Å². The first kappa shape index (κ1) is 18.9. The predicted molar refractivity (Wildman–Crippen MR) is 97.9 cm³/mol. The van der Waals surface area contributed by atoms with Gasteiger partial charge in [-0.05, 0) is 35.4 Å². The zero-order chi connectivity index (χ0) is 19.9. The van der Waals surface area contributed by atoms with Crippen LogP contribution >= 0.6 is 0 Å². The molecule has 9 nitrogen and oxygen atoms in total. The minimum Gasteiger partial charge on any atom is -0.465 e. The molecule has 0 aromatic heterocycles. The van der Waals surface area contributed by atoms with Gasteiger partial charge in [-0.2, -0.15) is 5.10 Å². The lowest BCUT2D eigenvalue weighted by Gasteiger charge is -2.05. The number of rotatable bonds is 5. The summed E-state index contributed by atoms with van der Waals surface area (Å²) in [5, 5.41) is 6.21. The van der Waals surface area contributed by atoms with E-state index in [1.54, 1.807) is 42.5 Å². The number of benzene rings is 2. The fourth-order valence-corrected chi connectivity index (χ4v) is 2.35. The summed E-state index contributed by atoms with van der Waals surface area (Å²) < 4.78 is 15.1. The van der Waals surface area contributed by atoms with E-state index in [0.29, 0.717) is 22.6 Å². The van der Waals surface area contributed by atoms with E-state index in [1.165, 1.54) is 13.3 Å². The van der Waals surface area contributed by atoms with Crippen LogP contribution in [0.3, 0.4) is 0 Å². The number of carbonyl (C=O) groups excluding carboxylic acids is 3. The van der Waals surface area contributed by atoms with Crippen molar-refractivity contribution in [2.45, 2.75) is 6.54 Å². The summed E-state index contributed by atoms with van der Waals surface area (Å²) in [5.74, 6) is -0.934. The van der Waals surface area contributed by atoms with Gasteiger partial charge in [-0.15, -0.1) is 0 Å². The van der Waals surface area contributed by atoms with Crippen molar-refractivity contribution in [2.75, 3.05) is 13.9 Å². The lowest BCUT2D eigenvalue weighted by atomic mass is 10.1. The zero-order valence-electron chi connectivity index (χ0n) is 14.9. The molecule has 0 atom stereocenters. The van der Waals surface area contributed by atoms with Gasteiger partial charge >= 0.3 is 17.8 Å². The average molecular weight is 383 g/mol. The summed E-state index contributed by atoms with van der Waals surface area (Å²) in [6, 6.07) is 11.6. The maximum atomic E-state index is 11.8. The maximum Gasteiger partial charge on any atom is 0.337 e. The topological polar surface area (TPSA) is 115 Å². The first-order valence-corrected chi connectivity index (χ1v) is 8.25. The average Bonchev–Trinajstić information content (AvgIpc) is 3.19. The second kappa shape index (κ2) is 8.67. The van der Waals surface area contributed by atoms with Gasteiger partial charge in [0.2, 0.25) is 6.79 Å². The van der Waals surface area contributed by atoms with Crippen molar-refractivity contribution in [1.29, 1.82) is 0 Å². The highest BCUT2D eigenvalue weighted by atomic mass is 16.7. The van der Waals surface area contributed by atoms with Gasteiger partial charge in [-0.3, -0.25) is 9.59 Å². The molecular formula is C19H17N3O6. The van der Waals surface area contributed by atoms with Crippen LogP contribution < -0.4 is 20.2 Å². The fourth-order valence-electron chi connectivity index (χ4n) is 2.35. The summed E-state index contributed by atoms with van der Waals surface area (Å²) >= 11 is 0. The highest BCUT2D eigenvalue weighted by Gasteiger charge is 2.15. The van der Waals surface area contributed by atoms with Crippen LogP contribution in [0.5, 0.6) is 11.5 Å². The van der Waals surface area contributed by atoms with Crippen molar-refractivity contribution >= 4 is 24.0 Å². The largest absolute Gasteiger partial charge is 0.465 e. The molecule has 1 aliphatic heterocycles. The Morgan fingerprint density at radius 1 is 1.07 bits per heavy atom. The number of hydrazone groups is 1. The summed E-state index contributed by atoms with van der Waals surface area (Å²) in [6.07, 6.45) is 1.35. The van der Waals surface area contributed by atoms with Crippen LogP contribution in [0.15, 0.2) is 47.6 Å². The number of ether oxygens (including phenoxy) is 3. The maximum absolute atomic E-state index is 11.8. The zero-order valence-corrected chi connectivity index (χ0v) is 14.9. The molecule has 1 aliphatic rings. The van der Waals surface area contributed by atoms with Crippen LogP contribution in [0.1, 0.15) is 21.5 Å². The normalized spacial score (nSPS) is 11.9. The van der Waals surface area contributed by atoms with E-state index in [0.717, 1.165) is 5.56 Å². The molecule has 0 bridgehead atoms. The molecule has 2 aromatic carbocycles. The Hall–Kier alpha value is -3.88. The molecule has 0 saturated heterocycles. The van der Waals surface area contributed by atoms with Gasteiger partial charge in [0.05, 0.1) is 18.9 Å². The number of hydrogen-bond donors (Lipinski definition) is 2. The van der Waals surface area contributed by atoms with Crippen molar-refractivity contribution < 1.29 is 28.6 Å². The quantitative estimate of drug-likeness (QED) is 0.344. The van der Waals surface area contributed by atoms with E-state index in [2.05, 4.69) is 20.6 Å². The van der Waals surface area contributed by atoms with Crippen LogP contribution in [0.4, 0.5) is 0 Å². The smallest absolute Gasteiger partial charge is 0.337 e. The standard InChI is InChI=1S/C19H17N3O6/c1-26-19(25)14-5-2-12(3-6-14)10-21-22-18(24)17(23)20-9-13-4-7-15-16(8-13)28-11-27-15/h2-8,10H,9,11H2,1H3,(H,20,23)(H,22,24)/b21-10-. The number of fused-ring (bicyclic) bond motifs is 1. The van der Waals surface area contributed by atoms with Crippen molar-refractivity contribution in [3.63, 3.8) is 0 Å². The molecule has 0 aliphatic carbocycles. The second-order valence-electron chi connectivity index (χ2n) is 5.68. The van der Waals surface area contributed by atoms with Crippen molar-refractivity contribution in [3.05, 3.63) is 59.2 Å². The number of amides is 2. The summed E-state index contributed by atoms with van der Waals surface area (Å²) in [6.45, 7) is 0.318. The number of nitrogens with zero attached hydrogens (tertiary/aromatic N) is 1. The van der Waals surface area contributed by atoms with E-state index >= 15 is 0 Å². The molecule has 0 saturated carbocycles. The third-order valence-corrected chi connectivity index (χ3v) is 3.81. The molecule has 0 fully saturated rings. The fraction of sp³-hybridized carbons (Fsp3) is 0.158. The summed E-state index contributed by atoms with van der Waals surface area (Å²) in [4.78, 5) is 35.0. The molecule has 3 rings (SSSR count). The van der Waals surface area contributed by atoms with Crippen LogP contribution in [0.2, 0.25) is 0 Å². The van der Waals surface area contributed by atoms with Gasteiger partial charge in [-0.25, -0.2) is 10.2 Å². The second-order valence-corrected chi connectivity index (χ2v) is 5.68. The Morgan fingerprint density at radius 2 is 1.82 bits per heavy atom. The monoisotopic (exact) mass is 383 g/mol. The minimum absolute atomic E-state index is 0.154. The van der Waals surface area contributed by atoms with E-state index < -0.39 is 17.8 Å². The van der Waals surface area contributed by atoms with Gasteiger partial charge in [0.1, 0.15) is 0 Å². The summed E-state index contributed by atoms with van der Waals surface area (Å²) in [7, 11) is 1.30. The first-order valence-electron chi connectivity index (χ1n) is 8.25. The predicted octanol–water partition coefficient (Wildman–Crippen LogP) is 0.968. The highest BCUT2D eigenvalue weighted by molar-refractivity contribution is 6.35. The lowest BCUT2D eigenvalue weighted by Crippen LogP contribution is -2.37. The molecule has 0 radical (unpaired) electrons. The molecule has 1 heterocycles. The van der Waals surface area contributed by atoms with Gasteiger partial charge in [0, 0.05) is 6.54 Å². The number of methoxy groups -OCH3 is 1. The lowest BCUT2D eigenvalue weighted by molar-refractivity contribution is -0.139. The highest BCUT2D eigenvalue weighted by Crippen LogP contribution is 2.32. The Labute approximate surface area is 160 Å². The molecular weight excluding hydrogens is 366 g/mol. The molecule has 2 N–H and O–H groups in total. The molecule has 144 valence electrons. The van der Waals surface area contributed by atoms with E-state index in [-0.39, 0.29) is 13.3 Å². The third-order valence-electron chi connectivity index (χ3n) is 3.81. The van der Waals surface area contributed by atoms with Gasteiger partial charge in [0.25, 0.3) is 0 Å². The molecule has 2 aromatic rings. The van der Waals surface area contributed by atoms with Crippen molar-refractivity contribution in [2.24, 2.45) is 5.10 Å². The third kappa shape index (κ3) is 4.64. The molecule has 0 unspecified atom stereocenters. The molecule has 28 heavy (non-hydrogen) atoms. The van der Waals surface area contributed by atoms with Crippen LogP contribution in [-0.2, 0) is 20.9 Å². The Balaban J connectivity index is 1.47. The molecule has 2 amide bonds. The van der Waals surface area contributed by atoms with Crippen LogP contribution in [0, 0.1) is 0 Å². The Morgan fingerprint density at radius 3 is 2.57 bits per heavy atom. The van der Waals surface area contributed by atoms with Gasteiger partial charge in [0.15, 0.2) is 11.5 Å². The van der Waals surface area contributed by atoms with Crippen molar-refractivity contribution in [3.8, 4) is 11.5 Å². The van der Waals surface area contributed by atoms with E-state index in [1.807, 2.05) is 0 Å².